The number of hydrogen-bond acceptors (Lipinski definition) is 3. The van der Waals surface area contributed by atoms with E-state index in [1.807, 2.05) is 18.4 Å². The van der Waals surface area contributed by atoms with Crippen molar-refractivity contribution in [3.63, 3.8) is 0 Å². The molecule has 0 aliphatic heterocycles. The molecule has 1 aromatic rings. The number of hydrogen-bond donors (Lipinski definition) is 2. The second-order valence-corrected chi connectivity index (χ2v) is 6.38. The first-order valence-electron chi connectivity index (χ1n) is 6.79. The van der Waals surface area contributed by atoms with Gasteiger partial charge >= 0.3 is 0 Å². The number of nitrogens with one attached hydrogen (secondary N) is 1. The van der Waals surface area contributed by atoms with Crippen LogP contribution >= 0.6 is 11.8 Å². The van der Waals surface area contributed by atoms with Gasteiger partial charge in [0, 0.05) is 17.3 Å². The Morgan fingerprint density at radius 1 is 1.42 bits per heavy atom. The number of aliphatic hydroxyl groups excluding tert-OH is 1. The van der Waals surface area contributed by atoms with Gasteiger partial charge < -0.3 is 10.4 Å². The molecular weight excluding hydrogens is 261 g/mol. The SMILES string of the molecule is CSC(CO)C(C)NC1CC(c2ccccc2F)C1. The van der Waals surface area contributed by atoms with Crippen LogP contribution in [0.2, 0.25) is 0 Å². The van der Waals surface area contributed by atoms with Crippen molar-refractivity contribution in [2.45, 2.75) is 43.0 Å². The van der Waals surface area contributed by atoms with E-state index < -0.39 is 0 Å². The summed E-state index contributed by atoms with van der Waals surface area (Å²) in [5, 5.41) is 13.0. The molecule has 1 aliphatic rings. The van der Waals surface area contributed by atoms with E-state index in [2.05, 4.69) is 12.2 Å². The number of halogens is 1. The molecular formula is C15H22FNOS. The van der Waals surface area contributed by atoms with E-state index in [0.29, 0.717) is 12.0 Å². The number of aliphatic hydroxyl groups is 1. The number of thioether (sulfide) groups is 1. The molecule has 2 unspecified atom stereocenters. The third kappa shape index (κ3) is 3.50. The van der Waals surface area contributed by atoms with Crippen LogP contribution in [0.25, 0.3) is 0 Å². The zero-order valence-electron chi connectivity index (χ0n) is 11.5. The van der Waals surface area contributed by atoms with Crippen LogP contribution in [-0.2, 0) is 0 Å². The van der Waals surface area contributed by atoms with E-state index in [1.165, 1.54) is 6.07 Å². The lowest BCUT2D eigenvalue weighted by Gasteiger charge is -2.39. The van der Waals surface area contributed by atoms with E-state index in [0.717, 1.165) is 18.4 Å². The van der Waals surface area contributed by atoms with Crippen LogP contribution in [0.5, 0.6) is 0 Å². The molecule has 4 heteroatoms. The third-order valence-corrected chi connectivity index (χ3v) is 5.18. The van der Waals surface area contributed by atoms with Gasteiger partial charge in [-0.1, -0.05) is 18.2 Å². The van der Waals surface area contributed by atoms with Crippen LogP contribution in [0.1, 0.15) is 31.2 Å². The number of rotatable bonds is 6. The van der Waals surface area contributed by atoms with Crippen LogP contribution in [0, 0.1) is 5.82 Å². The molecule has 2 rings (SSSR count). The lowest BCUT2D eigenvalue weighted by Crippen LogP contribution is -2.48. The summed E-state index contributed by atoms with van der Waals surface area (Å²) in [7, 11) is 0. The Kier molecular flexibility index (Phi) is 5.25. The molecule has 0 saturated heterocycles. The molecule has 0 aromatic heterocycles. The Hall–Kier alpha value is -0.580. The molecule has 2 atom stereocenters. The molecule has 2 nitrogen and oxygen atoms in total. The largest absolute Gasteiger partial charge is 0.395 e. The van der Waals surface area contributed by atoms with Crippen LogP contribution in [0.3, 0.4) is 0 Å². The zero-order chi connectivity index (χ0) is 13.8. The van der Waals surface area contributed by atoms with Crippen molar-refractivity contribution >= 4 is 11.8 Å². The van der Waals surface area contributed by atoms with Crippen molar-refractivity contribution in [3.05, 3.63) is 35.6 Å². The molecule has 0 bridgehead atoms. The molecule has 1 aromatic carbocycles. The van der Waals surface area contributed by atoms with Crippen molar-refractivity contribution in [2.24, 2.45) is 0 Å². The first kappa shape index (κ1) is 14.8. The van der Waals surface area contributed by atoms with Crippen LogP contribution in [-0.4, -0.2) is 35.3 Å². The molecule has 2 N–H and O–H groups in total. The maximum Gasteiger partial charge on any atom is 0.126 e. The fraction of sp³-hybridized carbons (Fsp3) is 0.600. The van der Waals surface area contributed by atoms with Gasteiger partial charge in [0.2, 0.25) is 0 Å². The molecule has 0 heterocycles. The van der Waals surface area contributed by atoms with Gasteiger partial charge in [-0.3, -0.25) is 0 Å². The summed E-state index contributed by atoms with van der Waals surface area (Å²) in [5.74, 6) is 0.254. The minimum Gasteiger partial charge on any atom is -0.395 e. The van der Waals surface area contributed by atoms with Gasteiger partial charge in [-0.05, 0) is 43.6 Å². The lowest BCUT2D eigenvalue weighted by atomic mass is 9.75. The molecule has 106 valence electrons. The maximum atomic E-state index is 13.6. The van der Waals surface area contributed by atoms with Crippen LogP contribution in [0.4, 0.5) is 4.39 Å². The predicted molar refractivity (Wildman–Crippen MR) is 79.1 cm³/mol. The van der Waals surface area contributed by atoms with Gasteiger partial charge in [0.1, 0.15) is 5.82 Å². The summed E-state index contributed by atoms with van der Waals surface area (Å²) in [4.78, 5) is 0. The molecule has 0 spiro atoms. The highest BCUT2D eigenvalue weighted by Gasteiger charge is 2.33. The summed E-state index contributed by atoms with van der Waals surface area (Å²) in [6, 6.07) is 7.79. The van der Waals surface area contributed by atoms with Crippen molar-refractivity contribution in [1.29, 1.82) is 0 Å². The summed E-state index contributed by atoms with van der Waals surface area (Å²) in [6.07, 6.45) is 3.98. The van der Waals surface area contributed by atoms with Crippen LogP contribution in [0.15, 0.2) is 24.3 Å². The minimum atomic E-state index is -0.0867. The molecule has 19 heavy (non-hydrogen) atoms. The molecule has 1 fully saturated rings. The highest BCUT2D eigenvalue weighted by atomic mass is 32.2. The maximum absolute atomic E-state index is 13.6. The normalized spacial score (nSPS) is 25.7. The standard InChI is InChI=1S/C15H22FNOS/c1-10(15(9-18)19-2)17-12-7-11(8-12)13-5-3-4-6-14(13)16/h3-6,10-12,15,17-18H,7-9H2,1-2H3. The summed E-state index contributed by atoms with van der Waals surface area (Å²) < 4.78 is 13.6. The van der Waals surface area contributed by atoms with Crippen molar-refractivity contribution in [3.8, 4) is 0 Å². The lowest BCUT2D eigenvalue weighted by molar-refractivity contribution is 0.233. The van der Waals surface area contributed by atoms with E-state index in [-0.39, 0.29) is 23.7 Å². The van der Waals surface area contributed by atoms with Gasteiger partial charge in [-0.25, -0.2) is 4.39 Å². The van der Waals surface area contributed by atoms with E-state index in [9.17, 15) is 9.50 Å². The average molecular weight is 283 g/mol. The first-order chi connectivity index (χ1) is 9.15. The van der Waals surface area contributed by atoms with Crippen molar-refractivity contribution in [2.75, 3.05) is 12.9 Å². The topological polar surface area (TPSA) is 32.3 Å². The highest BCUT2D eigenvalue weighted by Crippen LogP contribution is 2.38. The average Bonchev–Trinajstić information content (AvgIpc) is 2.36. The minimum absolute atomic E-state index is 0.0867. The predicted octanol–water partition coefficient (Wildman–Crippen LogP) is 2.77. The van der Waals surface area contributed by atoms with E-state index >= 15 is 0 Å². The van der Waals surface area contributed by atoms with Gasteiger partial charge in [0.15, 0.2) is 0 Å². The van der Waals surface area contributed by atoms with Gasteiger partial charge in [0.05, 0.1) is 6.61 Å². The molecule has 1 saturated carbocycles. The number of benzene rings is 1. The highest BCUT2D eigenvalue weighted by molar-refractivity contribution is 7.99. The van der Waals surface area contributed by atoms with E-state index in [4.69, 9.17) is 0 Å². The van der Waals surface area contributed by atoms with E-state index in [1.54, 1.807) is 17.8 Å². The van der Waals surface area contributed by atoms with Crippen molar-refractivity contribution in [1.82, 2.24) is 5.32 Å². The second-order valence-electron chi connectivity index (χ2n) is 5.30. The second kappa shape index (κ2) is 6.73. The molecule has 0 radical (unpaired) electrons. The summed E-state index contributed by atoms with van der Waals surface area (Å²) in [5.41, 5.74) is 0.844. The monoisotopic (exact) mass is 283 g/mol. The van der Waals surface area contributed by atoms with Crippen molar-refractivity contribution < 1.29 is 9.50 Å². The fourth-order valence-corrected chi connectivity index (χ4v) is 3.37. The quantitative estimate of drug-likeness (QED) is 0.842. The Labute approximate surface area is 118 Å². The Morgan fingerprint density at radius 2 is 2.11 bits per heavy atom. The first-order valence-corrected chi connectivity index (χ1v) is 8.08. The summed E-state index contributed by atoms with van der Waals surface area (Å²) >= 11 is 1.68. The fourth-order valence-electron chi connectivity index (χ4n) is 2.73. The summed E-state index contributed by atoms with van der Waals surface area (Å²) in [6.45, 7) is 2.30. The van der Waals surface area contributed by atoms with Crippen LogP contribution < -0.4 is 5.32 Å². The zero-order valence-corrected chi connectivity index (χ0v) is 12.3. The Bertz CT molecular complexity index is 405. The smallest absolute Gasteiger partial charge is 0.126 e. The molecule has 0 amide bonds. The Morgan fingerprint density at radius 3 is 2.68 bits per heavy atom. The van der Waals surface area contributed by atoms with Gasteiger partial charge in [-0.2, -0.15) is 11.8 Å². The third-order valence-electron chi connectivity index (χ3n) is 4.02. The molecule has 1 aliphatic carbocycles. The van der Waals surface area contributed by atoms with Gasteiger partial charge in [0.25, 0.3) is 0 Å². The Balaban J connectivity index is 1.82. The van der Waals surface area contributed by atoms with Gasteiger partial charge in [-0.15, -0.1) is 0 Å².